The fourth-order valence-electron chi connectivity index (χ4n) is 2.91. The molecule has 0 aliphatic carbocycles. The van der Waals surface area contributed by atoms with Gasteiger partial charge in [0.05, 0.1) is 0 Å². The highest BCUT2D eigenvalue weighted by Gasteiger charge is 2.23. The van der Waals surface area contributed by atoms with Crippen molar-refractivity contribution in [1.82, 2.24) is 0 Å². The summed E-state index contributed by atoms with van der Waals surface area (Å²) in [6.07, 6.45) is 5.29. The molecule has 1 unspecified atom stereocenters. The number of carbonyl (C=O) groups is 1. The first kappa shape index (κ1) is 14.1. The van der Waals surface area contributed by atoms with Crippen molar-refractivity contribution < 1.29 is 9.53 Å². The van der Waals surface area contributed by atoms with E-state index in [1.54, 1.807) is 0 Å². The maximum absolute atomic E-state index is 12.6. The van der Waals surface area contributed by atoms with E-state index in [4.69, 9.17) is 4.74 Å². The summed E-state index contributed by atoms with van der Waals surface area (Å²) in [6, 6.07) is 5.93. The van der Waals surface area contributed by atoms with E-state index in [1.807, 2.05) is 18.2 Å². The van der Waals surface area contributed by atoms with Gasteiger partial charge in [0.1, 0.15) is 11.9 Å². The van der Waals surface area contributed by atoms with Crippen LogP contribution in [0.15, 0.2) is 18.2 Å². The van der Waals surface area contributed by atoms with Crippen LogP contribution in [0.25, 0.3) is 0 Å². The van der Waals surface area contributed by atoms with Crippen LogP contribution in [-0.4, -0.2) is 11.9 Å². The lowest BCUT2D eigenvalue weighted by Gasteiger charge is -2.14. The Hall–Kier alpha value is -1.31. The van der Waals surface area contributed by atoms with Crippen molar-refractivity contribution in [2.24, 2.45) is 5.92 Å². The number of hydrogen-bond donors (Lipinski definition) is 0. The monoisotopic (exact) mass is 260 g/mol. The molecule has 2 nitrogen and oxygen atoms in total. The molecule has 0 fully saturated rings. The Morgan fingerprint density at radius 2 is 2.00 bits per heavy atom. The SMILES string of the molecule is CCCC(CCC)C(=O)c1ccc2c(c1)CC(C)O2. The van der Waals surface area contributed by atoms with Gasteiger partial charge in [-0.2, -0.15) is 0 Å². The van der Waals surface area contributed by atoms with E-state index >= 15 is 0 Å². The Kier molecular flexibility index (Phi) is 4.62. The molecule has 2 rings (SSSR count). The van der Waals surface area contributed by atoms with Gasteiger partial charge in [0.25, 0.3) is 0 Å². The summed E-state index contributed by atoms with van der Waals surface area (Å²) in [4.78, 5) is 12.6. The van der Waals surface area contributed by atoms with Gasteiger partial charge in [0, 0.05) is 17.9 Å². The van der Waals surface area contributed by atoms with Crippen LogP contribution in [0.2, 0.25) is 0 Å². The molecule has 1 aromatic carbocycles. The van der Waals surface area contributed by atoms with E-state index in [-0.39, 0.29) is 12.0 Å². The average Bonchev–Trinajstić information content (AvgIpc) is 2.76. The minimum Gasteiger partial charge on any atom is -0.490 e. The molecule has 19 heavy (non-hydrogen) atoms. The number of ether oxygens (including phenoxy) is 1. The number of ketones is 1. The largest absolute Gasteiger partial charge is 0.490 e. The first-order chi connectivity index (χ1) is 9.15. The molecule has 1 atom stereocenters. The van der Waals surface area contributed by atoms with Crippen LogP contribution >= 0.6 is 0 Å². The highest BCUT2D eigenvalue weighted by atomic mass is 16.5. The van der Waals surface area contributed by atoms with Crippen molar-refractivity contribution in [3.05, 3.63) is 29.3 Å². The van der Waals surface area contributed by atoms with Crippen LogP contribution in [0, 0.1) is 5.92 Å². The molecule has 0 N–H and O–H groups in total. The fourth-order valence-corrected chi connectivity index (χ4v) is 2.91. The summed E-state index contributed by atoms with van der Waals surface area (Å²) in [5.41, 5.74) is 2.05. The molecule has 1 aliphatic rings. The van der Waals surface area contributed by atoms with Gasteiger partial charge in [0.2, 0.25) is 0 Å². The third-order valence-electron chi connectivity index (χ3n) is 3.83. The zero-order valence-electron chi connectivity index (χ0n) is 12.2. The van der Waals surface area contributed by atoms with Gasteiger partial charge < -0.3 is 4.74 Å². The predicted octanol–water partition coefficient (Wildman–Crippen LogP) is 4.41. The zero-order valence-corrected chi connectivity index (χ0v) is 12.2. The summed E-state index contributed by atoms with van der Waals surface area (Å²) >= 11 is 0. The molecule has 0 saturated heterocycles. The normalized spacial score (nSPS) is 17.4. The number of carbonyl (C=O) groups excluding carboxylic acids is 1. The summed E-state index contributed by atoms with van der Waals surface area (Å²) in [7, 11) is 0. The molecule has 0 saturated carbocycles. The third kappa shape index (κ3) is 3.17. The number of rotatable bonds is 6. The van der Waals surface area contributed by atoms with Crippen molar-refractivity contribution in [3.8, 4) is 5.75 Å². The summed E-state index contributed by atoms with van der Waals surface area (Å²) in [5.74, 6) is 1.45. The maximum atomic E-state index is 12.6. The number of fused-ring (bicyclic) bond motifs is 1. The Morgan fingerprint density at radius 3 is 2.63 bits per heavy atom. The predicted molar refractivity (Wildman–Crippen MR) is 77.9 cm³/mol. The zero-order chi connectivity index (χ0) is 13.8. The first-order valence-corrected chi connectivity index (χ1v) is 7.49. The summed E-state index contributed by atoms with van der Waals surface area (Å²) < 4.78 is 5.69. The lowest BCUT2D eigenvalue weighted by atomic mass is 9.89. The highest BCUT2D eigenvalue weighted by Crippen LogP contribution is 2.30. The third-order valence-corrected chi connectivity index (χ3v) is 3.83. The van der Waals surface area contributed by atoms with Crippen molar-refractivity contribution in [2.75, 3.05) is 0 Å². The number of hydrogen-bond acceptors (Lipinski definition) is 2. The molecular formula is C17H24O2. The number of benzene rings is 1. The molecule has 0 aromatic heterocycles. The van der Waals surface area contributed by atoms with Crippen molar-refractivity contribution >= 4 is 5.78 Å². The van der Waals surface area contributed by atoms with E-state index in [9.17, 15) is 4.79 Å². The molecule has 0 radical (unpaired) electrons. The minimum absolute atomic E-state index is 0.188. The molecule has 0 spiro atoms. The quantitative estimate of drug-likeness (QED) is 0.708. The minimum atomic E-state index is 0.188. The highest BCUT2D eigenvalue weighted by molar-refractivity contribution is 5.98. The second-order valence-electron chi connectivity index (χ2n) is 5.59. The molecule has 104 valence electrons. The van der Waals surface area contributed by atoms with Crippen LogP contribution in [-0.2, 0) is 6.42 Å². The Balaban J connectivity index is 2.17. The van der Waals surface area contributed by atoms with Crippen LogP contribution in [0.3, 0.4) is 0 Å². The van der Waals surface area contributed by atoms with Gasteiger partial charge in [-0.15, -0.1) is 0 Å². The van der Waals surface area contributed by atoms with Crippen molar-refractivity contribution in [3.63, 3.8) is 0 Å². The lowest BCUT2D eigenvalue weighted by molar-refractivity contribution is 0.0905. The molecule has 1 aliphatic heterocycles. The fraction of sp³-hybridized carbons (Fsp3) is 0.588. The average molecular weight is 260 g/mol. The second-order valence-corrected chi connectivity index (χ2v) is 5.59. The van der Waals surface area contributed by atoms with E-state index in [1.165, 1.54) is 5.56 Å². The Morgan fingerprint density at radius 1 is 1.32 bits per heavy atom. The van der Waals surface area contributed by atoms with Crippen LogP contribution < -0.4 is 4.74 Å². The van der Waals surface area contributed by atoms with Gasteiger partial charge in [0.15, 0.2) is 5.78 Å². The smallest absolute Gasteiger partial charge is 0.165 e. The van der Waals surface area contributed by atoms with Crippen LogP contribution in [0.1, 0.15) is 62.4 Å². The van der Waals surface area contributed by atoms with Crippen LogP contribution in [0.4, 0.5) is 0 Å². The number of Topliss-reactive ketones (excluding diaryl/α,β-unsaturated/α-hetero) is 1. The summed E-state index contributed by atoms with van der Waals surface area (Å²) in [5, 5.41) is 0. The molecule has 0 bridgehead atoms. The molecule has 1 heterocycles. The van der Waals surface area contributed by atoms with Gasteiger partial charge in [-0.05, 0) is 43.5 Å². The van der Waals surface area contributed by atoms with E-state index in [2.05, 4.69) is 20.8 Å². The standard InChI is InChI=1S/C17H24O2/c1-4-6-13(7-5-2)17(18)14-8-9-16-15(11-14)10-12(3)19-16/h8-9,11-13H,4-7,10H2,1-3H3. The van der Waals surface area contributed by atoms with E-state index in [0.29, 0.717) is 5.78 Å². The van der Waals surface area contributed by atoms with Crippen molar-refractivity contribution in [2.45, 2.75) is 59.0 Å². The molecule has 1 aromatic rings. The summed E-state index contributed by atoms with van der Waals surface area (Å²) in [6.45, 7) is 6.36. The van der Waals surface area contributed by atoms with Gasteiger partial charge in [-0.25, -0.2) is 0 Å². The van der Waals surface area contributed by atoms with Crippen molar-refractivity contribution in [1.29, 1.82) is 0 Å². The topological polar surface area (TPSA) is 26.3 Å². The molecule has 0 amide bonds. The molecular weight excluding hydrogens is 236 g/mol. The van der Waals surface area contributed by atoms with E-state index in [0.717, 1.165) is 43.4 Å². The lowest BCUT2D eigenvalue weighted by Crippen LogP contribution is -2.14. The first-order valence-electron chi connectivity index (χ1n) is 7.49. The van der Waals surface area contributed by atoms with Crippen LogP contribution in [0.5, 0.6) is 5.75 Å². The van der Waals surface area contributed by atoms with Gasteiger partial charge in [-0.3, -0.25) is 4.79 Å². The molecule has 2 heteroatoms. The maximum Gasteiger partial charge on any atom is 0.165 e. The van der Waals surface area contributed by atoms with E-state index < -0.39 is 0 Å². The van der Waals surface area contributed by atoms with Gasteiger partial charge in [-0.1, -0.05) is 26.7 Å². The Labute approximate surface area is 116 Å². The second kappa shape index (κ2) is 6.23. The Bertz CT molecular complexity index is 445. The van der Waals surface area contributed by atoms with Gasteiger partial charge >= 0.3 is 0 Å².